The highest BCUT2D eigenvalue weighted by molar-refractivity contribution is 6.31. The number of hydrogen-bond acceptors (Lipinski definition) is 7. The van der Waals surface area contributed by atoms with Crippen LogP contribution in [0, 0.1) is 6.92 Å². The first-order valence-electron chi connectivity index (χ1n) is 8.37. The van der Waals surface area contributed by atoms with Crippen LogP contribution in [0.3, 0.4) is 0 Å². The lowest BCUT2D eigenvalue weighted by atomic mass is 10.0. The number of benzene rings is 1. The molecule has 0 spiro atoms. The lowest BCUT2D eigenvalue weighted by Crippen LogP contribution is -2.28. The van der Waals surface area contributed by atoms with Crippen LogP contribution in [0.15, 0.2) is 23.0 Å². The first-order valence-corrected chi connectivity index (χ1v) is 8.75. The number of amides is 1. The van der Waals surface area contributed by atoms with Crippen molar-refractivity contribution < 1.29 is 9.53 Å². The molecule has 10 nitrogen and oxygen atoms in total. The third kappa shape index (κ3) is 3.58. The molecule has 0 atom stereocenters. The zero-order valence-electron chi connectivity index (χ0n) is 15.7. The Morgan fingerprint density at radius 2 is 2.04 bits per heavy atom. The second kappa shape index (κ2) is 7.77. The van der Waals surface area contributed by atoms with E-state index in [2.05, 4.69) is 25.9 Å². The van der Waals surface area contributed by atoms with Crippen LogP contribution in [0.2, 0.25) is 5.02 Å². The number of halogens is 1. The van der Waals surface area contributed by atoms with Crippen molar-refractivity contribution in [2.45, 2.75) is 13.8 Å². The summed E-state index contributed by atoms with van der Waals surface area (Å²) in [5.41, 5.74) is 1.12. The molecule has 0 aliphatic rings. The molecular formula is C17H18ClN7O3. The maximum Gasteiger partial charge on any atom is 0.282 e. The van der Waals surface area contributed by atoms with E-state index in [1.807, 2.05) is 6.92 Å². The van der Waals surface area contributed by atoms with Crippen LogP contribution in [0.5, 0.6) is 5.75 Å². The van der Waals surface area contributed by atoms with Crippen LogP contribution >= 0.6 is 11.6 Å². The van der Waals surface area contributed by atoms with E-state index in [4.69, 9.17) is 16.3 Å². The van der Waals surface area contributed by atoms with Gasteiger partial charge in [0.05, 0.1) is 12.2 Å². The average molecular weight is 404 g/mol. The molecule has 2 aromatic heterocycles. The normalized spacial score (nSPS) is 10.8. The Morgan fingerprint density at radius 1 is 1.29 bits per heavy atom. The van der Waals surface area contributed by atoms with E-state index in [1.54, 1.807) is 32.2 Å². The van der Waals surface area contributed by atoms with Crippen LogP contribution in [0.4, 0.5) is 5.95 Å². The van der Waals surface area contributed by atoms with Crippen molar-refractivity contribution in [3.8, 4) is 16.9 Å². The van der Waals surface area contributed by atoms with E-state index in [-0.39, 0.29) is 29.6 Å². The first-order chi connectivity index (χ1) is 13.3. The number of carbonyl (C=O) groups excluding carboxylic acids is 1. The number of nitrogens with zero attached hydrogens (tertiary/aromatic N) is 6. The predicted octanol–water partition coefficient (Wildman–Crippen LogP) is 1.58. The fraction of sp³-hybridized carbons (Fsp3) is 0.294. The second-order valence-corrected chi connectivity index (χ2v) is 6.37. The van der Waals surface area contributed by atoms with Crippen LogP contribution in [-0.4, -0.2) is 42.5 Å². The van der Waals surface area contributed by atoms with Gasteiger partial charge in [-0.05, 0) is 47.5 Å². The topological polar surface area (TPSA) is 117 Å². The minimum absolute atomic E-state index is 0.0606. The third-order valence-electron chi connectivity index (χ3n) is 4.00. The molecule has 11 heteroatoms. The minimum atomic E-state index is -0.608. The summed E-state index contributed by atoms with van der Waals surface area (Å²) < 4.78 is 8.06. The number of carbonyl (C=O) groups is 1. The van der Waals surface area contributed by atoms with Crippen molar-refractivity contribution in [2.75, 3.05) is 11.9 Å². The van der Waals surface area contributed by atoms with Crippen molar-refractivity contribution in [3.63, 3.8) is 0 Å². The zero-order valence-corrected chi connectivity index (χ0v) is 16.5. The summed E-state index contributed by atoms with van der Waals surface area (Å²) in [5, 5.41) is 18.1. The number of anilines is 1. The summed E-state index contributed by atoms with van der Waals surface area (Å²) in [6.45, 7) is 3.81. The molecular weight excluding hydrogens is 386 g/mol. The molecule has 0 saturated heterocycles. The van der Waals surface area contributed by atoms with Gasteiger partial charge in [0.25, 0.3) is 11.5 Å². The van der Waals surface area contributed by atoms with Crippen molar-refractivity contribution in [1.29, 1.82) is 0 Å². The Bertz CT molecular complexity index is 1110. The Labute approximate surface area is 165 Å². The van der Waals surface area contributed by atoms with Gasteiger partial charge in [-0.1, -0.05) is 22.8 Å². The molecule has 1 amide bonds. The number of ether oxygens (including phenoxy) is 1. The fourth-order valence-corrected chi connectivity index (χ4v) is 2.72. The maximum absolute atomic E-state index is 12.8. The summed E-state index contributed by atoms with van der Waals surface area (Å²) in [6.07, 6.45) is 0. The van der Waals surface area contributed by atoms with Crippen LogP contribution in [0.1, 0.15) is 23.0 Å². The van der Waals surface area contributed by atoms with Crippen molar-refractivity contribution in [1.82, 2.24) is 30.0 Å². The summed E-state index contributed by atoms with van der Waals surface area (Å²) in [7, 11) is 3.04. The molecule has 0 radical (unpaired) electrons. The highest BCUT2D eigenvalue weighted by atomic mass is 35.5. The van der Waals surface area contributed by atoms with Gasteiger partial charge in [0.15, 0.2) is 11.4 Å². The SMILES string of the molecule is CCOc1c(C(=O)Nc2nnnn2C)nn(C)c(=O)c1-c1ccc(Cl)c(C)c1. The Kier molecular flexibility index (Phi) is 5.41. The van der Waals surface area contributed by atoms with Gasteiger partial charge in [0.2, 0.25) is 5.95 Å². The van der Waals surface area contributed by atoms with Crippen LogP contribution < -0.4 is 15.6 Å². The van der Waals surface area contributed by atoms with E-state index in [0.29, 0.717) is 10.6 Å². The van der Waals surface area contributed by atoms with Crippen molar-refractivity contribution >= 4 is 23.5 Å². The molecule has 1 N–H and O–H groups in total. The molecule has 28 heavy (non-hydrogen) atoms. The Morgan fingerprint density at radius 3 is 2.64 bits per heavy atom. The van der Waals surface area contributed by atoms with Gasteiger partial charge < -0.3 is 4.74 Å². The quantitative estimate of drug-likeness (QED) is 0.687. The van der Waals surface area contributed by atoms with E-state index < -0.39 is 11.5 Å². The van der Waals surface area contributed by atoms with Crippen molar-refractivity contribution in [3.05, 3.63) is 44.8 Å². The van der Waals surface area contributed by atoms with Gasteiger partial charge in [-0.3, -0.25) is 14.9 Å². The van der Waals surface area contributed by atoms with Gasteiger partial charge in [-0.25, -0.2) is 9.36 Å². The predicted molar refractivity (Wildman–Crippen MR) is 103 cm³/mol. The highest BCUT2D eigenvalue weighted by Gasteiger charge is 2.25. The summed E-state index contributed by atoms with van der Waals surface area (Å²) in [5.74, 6) is -0.393. The lowest BCUT2D eigenvalue weighted by molar-refractivity contribution is 0.101. The van der Waals surface area contributed by atoms with E-state index in [1.165, 1.54) is 11.7 Å². The number of tetrazole rings is 1. The van der Waals surface area contributed by atoms with Gasteiger partial charge in [-0.15, -0.1) is 0 Å². The molecule has 0 bridgehead atoms. The van der Waals surface area contributed by atoms with Crippen LogP contribution in [-0.2, 0) is 14.1 Å². The zero-order chi connectivity index (χ0) is 20.4. The number of aromatic nitrogens is 6. The fourth-order valence-electron chi connectivity index (χ4n) is 2.60. The van der Waals surface area contributed by atoms with E-state index in [9.17, 15) is 9.59 Å². The minimum Gasteiger partial charge on any atom is -0.490 e. The summed E-state index contributed by atoms with van der Waals surface area (Å²) in [6, 6.07) is 5.14. The number of nitrogens with one attached hydrogen (secondary N) is 1. The van der Waals surface area contributed by atoms with Crippen molar-refractivity contribution in [2.24, 2.45) is 14.1 Å². The molecule has 0 saturated carbocycles. The third-order valence-corrected chi connectivity index (χ3v) is 4.42. The van der Waals surface area contributed by atoms with Gasteiger partial charge in [-0.2, -0.15) is 5.10 Å². The molecule has 3 aromatic rings. The average Bonchev–Trinajstić information content (AvgIpc) is 3.05. The number of aryl methyl sites for hydroxylation is 3. The second-order valence-electron chi connectivity index (χ2n) is 5.96. The van der Waals surface area contributed by atoms with Gasteiger partial charge in [0, 0.05) is 19.1 Å². The smallest absolute Gasteiger partial charge is 0.282 e. The number of rotatable bonds is 5. The van der Waals surface area contributed by atoms with Gasteiger partial charge >= 0.3 is 0 Å². The van der Waals surface area contributed by atoms with E-state index in [0.717, 1.165) is 10.2 Å². The monoisotopic (exact) mass is 403 g/mol. The van der Waals surface area contributed by atoms with Crippen LogP contribution in [0.25, 0.3) is 11.1 Å². The molecule has 0 fully saturated rings. The standard InChI is InChI=1S/C17H18ClN7O3/c1-5-28-14-12(10-6-7-11(18)9(2)8-10)16(27)24(3)21-13(14)15(26)19-17-20-22-23-25(17)4/h6-8H,5H2,1-4H3,(H,19,20,23,26). The van der Waals surface area contributed by atoms with E-state index >= 15 is 0 Å². The molecule has 0 aliphatic heterocycles. The Balaban J connectivity index is 2.19. The molecule has 2 heterocycles. The number of hydrogen-bond donors (Lipinski definition) is 1. The maximum atomic E-state index is 12.8. The molecule has 0 aliphatic carbocycles. The summed E-state index contributed by atoms with van der Waals surface area (Å²) in [4.78, 5) is 25.7. The molecule has 1 aromatic carbocycles. The molecule has 3 rings (SSSR count). The summed E-state index contributed by atoms with van der Waals surface area (Å²) >= 11 is 6.10. The van der Waals surface area contributed by atoms with Gasteiger partial charge in [0.1, 0.15) is 0 Å². The molecule has 146 valence electrons. The lowest BCUT2D eigenvalue weighted by Gasteiger charge is -2.15. The molecule has 0 unspecified atom stereocenters. The first kappa shape index (κ1) is 19.5. The highest BCUT2D eigenvalue weighted by Crippen LogP contribution is 2.31. The Hall–Kier alpha value is -3.27. The largest absolute Gasteiger partial charge is 0.490 e.